The Morgan fingerprint density at radius 2 is 1.00 bits per heavy atom. The highest BCUT2D eigenvalue weighted by molar-refractivity contribution is 9.10. The summed E-state index contributed by atoms with van der Waals surface area (Å²) >= 11 is 5.53. The molecule has 0 fully saturated rings. The molecule has 1 atom stereocenters. The standard InChI is InChI=1S/C37H26BrOS2.CH2O/c38-36-26-31(20-25-35(36)27-10-4-1-5-11-27)40-30-18-23-34(24-19-30)41(32-14-8-3-9-15-32)33-21-16-29(17-22-33)37(39)28-12-6-2-7-13-28;1-2/h1-26H;1H2/q+1;. The molecule has 0 radical (unpaired) electrons. The molecule has 6 aromatic carbocycles. The number of halogens is 1. The van der Waals surface area contributed by atoms with Crippen LogP contribution in [0.15, 0.2) is 187 Å². The van der Waals surface area contributed by atoms with Crippen LogP contribution in [0.2, 0.25) is 0 Å². The highest BCUT2D eigenvalue weighted by atomic mass is 79.9. The number of hydrogen-bond donors (Lipinski definition) is 0. The van der Waals surface area contributed by atoms with Gasteiger partial charge in [-0.3, -0.25) is 4.79 Å². The van der Waals surface area contributed by atoms with Gasteiger partial charge in [-0.05, 0) is 83.9 Å². The van der Waals surface area contributed by atoms with Gasteiger partial charge < -0.3 is 4.79 Å². The predicted octanol–water partition coefficient (Wildman–Crippen LogP) is 10.4. The number of carbonyl (C=O) groups excluding carboxylic acids is 2. The van der Waals surface area contributed by atoms with E-state index in [0.717, 1.165) is 4.47 Å². The van der Waals surface area contributed by atoms with Crippen LogP contribution >= 0.6 is 27.7 Å². The van der Waals surface area contributed by atoms with E-state index < -0.39 is 0 Å². The molecule has 210 valence electrons. The van der Waals surface area contributed by atoms with E-state index in [9.17, 15) is 4.79 Å². The maximum absolute atomic E-state index is 13.0. The Kier molecular flexibility index (Phi) is 10.5. The van der Waals surface area contributed by atoms with Gasteiger partial charge in [0.1, 0.15) is 6.79 Å². The van der Waals surface area contributed by atoms with Crippen LogP contribution in [-0.4, -0.2) is 12.6 Å². The zero-order valence-corrected chi connectivity index (χ0v) is 26.4. The van der Waals surface area contributed by atoms with Crippen LogP contribution in [0.1, 0.15) is 15.9 Å². The molecule has 0 saturated heterocycles. The normalized spacial score (nSPS) is 11.2. The second kappa shape index (κ2) is 14.8. The quantitative estimate of drug-likeness (QED) is 0.120. The summed E-state index contributed by atoms with van der Waals surface area (Å²) in [5.41, 5.74) is 3.80. The first-order valence-corrected chi connectivity index (χ1v) is 16.4. The average Bonchev–Trinajstić information content (AvgIpc) is 3.08. The van der Waals surface area contributed by atoms with Crippen LogP contribution in [0.4, 0.5) is 0 Å². The minimum atomic E-state index is -0.291. The van der Waals surface area contributed by atoms with Crippen molar-refractivity contribution in [3.63, 3.8) is 0 Å². The molecule has 6 aromatic rings. The highest BCUT2D eigenvalue weighted by Crippen LogP contribution is 2.37. The third kappa shape index (κ3) is 7.44. The zero-order valence-electron chi connectivity index (χ0n) is 23.2. The van der Waals surface area contributed by atoms with Crippen LogP contribution in [0.3, 0.4) is 0 Å². The van der Waals surface area contributed by atoms with Gasteiger partial charge in [0.15, 0.2) is 20.5 Å². The van der Waals surface area contributed by atoms with Crippen molar-refractivity contribution < 1.29 is 9.59 Å². The maximum atomic E-state index is 13.0. The van der Waals surface area contributed by atoms with Crippen molar-refractivity contribution in [3.05, 3.63) is 173 Å². The molecule has 0 heterocycles. The summed E-state index contributed by atoms with van der Waals surface area (Å²) in [5, 5.41) is 0. The van der Waals surface area contributed by atoms with E-state index in [1.807, 2.05) is 61.4 Å². The molecule has 0 N–H and O–H groups in total. The molecule has 5 heteroatoms. The van der Waals surface area contributed by atoms with Crippen LogP contribution < -0.4 is 0 Å². The van der Waals surface area contributed by atoms with E-state index >= 15 is 0 Å². The Bertz CT molecular complexity index is 1770. The third-order valence-corrected chi connectivity index (χ3v) is 10.6. The zero-order chi connectivity index (χ0) is 30.0. The molecular formula is C38H28BrO2S2+. The van der Waals surface area contributed by atoms with E-state index in [0.29, 0.717) is 11.1 Å². The number of benzene rings is 6. The molecule has 0 aliphatic rings. The van der Waals surface area contributed by atoms with Crippen molar-refractivity contribution in [3.8, 4) is 11.1 Å². The summed E-state index contributed by atoms with van der Waals surface area (Å²) < 4.78 is 1.09. The summed E-state index contributed by atoms with van der Waals surface area (Å²) in [5.74, 6) is 0.0431. The summed E-state index contributed by atoms with van der Waals surface area (Å²) in [6.45, 7) is 2.00. The lowest BCUT2D eigenvalue weighted by molar-refractivity contribution is -0.0980. The van der Waals surface area contributed by atoms with E-state index in [4.69, 9.17) is 4.79 Å². The average molecular weight is 661 g/mol. The van der Waals surface area contributed by atoms with Gasteiger partial charge in [-0.15, -0.1) is 0 Å². The monoisotopic (exact) mass is 659 g/mol. The number of ketones is 1. The number of rotatable bonds is 8. The van der Waals surface area contributed by atoms with Crippen LogP contribution in [-0.2, 0) is 15.7 Å². The van der Waals surface area contributed by atoms with Gasteiger partial charge in [-0.1, -0.05) is 113 Å². The second-order valence-electron chi connectivity index (χ2n) is 9.42. The van der Waals surface area contributed by atoms with Crippen LogP contribution in [0.5, 0.6) is 0 Å². The van der Waals surface area contributed by atoms with Crippen molar-refractivity contribution in [2.45, 2.75) is 24.5 Å². The molecule has 0 saturated carbocycles. The lowest BCUT2D eigenvalue weighted by atomic mass is 10.0. The van der Waals surface area contributed by atoms with Crippen molar-refractivity contribution >= 4 is 51.2 Å². The molecule has 1 unspecified atom stereocenters. The fraction of sp³-hybridized carbons (Fsp3) is 0. The second-order valence-corrected chi connectivity index (χ2v) is 13.4. The van der Waals surface area contributed by atoms with Gasteiger partial charge in [0.25, 0.3) is 0 Å². The van der Waals surface area contributed by atoms with Crippen molar-refractivity contribution in [1.29, 1.82) is 0 Å². The van der Waals surface area contributed by atoms with Gasteiger partial charge in [0.2, 0.25) is 0 Å². The summed E-state index contributed by atoms with van der Waals surface area (Å²) in [6, 6.07) is 54.0. The predicted molar refractivity (Wildman–Crippen MR) is 182 cm³/mol. The summed E-state index contributed by atoms with van der Waals surface area (Å²) in [6.07, 6.45) is 0. The molecule has 0 aromatic heterocycles. The van der Waals surface area contributed by atoms with E-state index in [2.05, 4.69) is 119 Å². The molecule has 0 aliphatic heterocycles. The topological polar surface area (TPSA) is 34.1 Å². The van der Waals surface area contributed by atoms with Gasteiger partial charge in [-0.2, -0.15) is 0 Å². The molecular weight excluding hydrogens is 632 g/mol. The van der Waals surface area contributed by atoms with Crippen molar-refractivity contribution in [1.82, 2.24) is 0 Å². The van der Waals surface area contributed by atoms with Gasteiger partial charge in [-0.25, -0.2) is 0 Å². The molecule has 0 amide bonds. The first-order chi connectivity index (χ1) is 21.2. The lowest BCUT2D eigenvalue weighted by Gasteiger charge is -2.10. The third-order valence-electron chi connectivity index (χ3n) is 6.69. The van der Waals surface area contributed by atoms with Gasteiger partial charge in [0.05, 0.1) is 10.9 Å². The Hall–Kier alpha value is -4.16. The molecule has 0 aliphatic carbocycles. The summed E-state index contributed by atoms with van der Waals surface area (Å²) in [7, 11) is -0.291. The van der Waals surface area contributed by atoms with E-state index in [-0.39, 0.29) is 16.7 Å². The van der Waals surface area contributed by atoms with Gasteiger partial charge >= 0.3 is 0 Å². The molecule has 2 nitrogen and oxygen atoms in total. The molecule has 43 heavy (non-hydrogen) atoms. The minimum absolute atomic E-state index is 0.0431. The van der Waals surface area contributed by atoms with Crippen LogP contribution in [0, 0.1) is 0 Å². The number of carbonyl (C=O) groups is 2. The van der Waals surface area contributed by atoms with Crippen molar-refractivity contribution in [2.24, 2.45) is 0 Å². The largest absolute Gasteiger partial charge is 0.307 e. The minimum Gasteiger partial charge on any atom is -0.307 e. The first kappa shape index (κ1) is 30.3. The Morgan fingerprint density at radius 3 is 1.58 bits per heavy atom. The Labute approximate surface area is 268 Å². The highest BCUT2D eigenvalue weighted by Gasteiger charge is 2.28. The summed E-state index contributed by atoms with van der Waals surface area (Å²) in [4.78, 5) is 27.0. The van der Waals surface area contributed by atoms with E-state index in [1.165, 1.54) is 35.6 Å². The lowest BCUT2D eigenvalue weighted by Crippen LogP contribution is -2.06. The smallest absolute Gasteiger partial charge is 0.193 e. The first-order valence-electron chi connectivity index (χ1n) is 13.6. The molecule has 6 rings (SSSR count). The fourth-order valence-corrected chi connectivity index (χ4v) is 8.33. The van der Waals surface area contributed by atoms with Crippen molar-refractivity contribution in [2.75, 3.05) is 0 Å². The fourth-order valence-electron chi connectivity index (χ4n) is 4.65. The Morgan fingerprint density at radius 1 is 0.535 bits per heavy atom. The molecule has 0 bridgehead atoms. The SMILES string of the molecule is C=O.O=C(c1ccccc1)c1ccc([S+](c2ccccc2)c2ccc(Sc3ccc(-c4ccccc4)c(Br)c3)cc2)cc1. The van der Waals surface area contributed by atoms with E-state index in [1.54, 1.807) is 11.8 Å². The number of hydrogen-bond acceptors (Lipinski definition) is 3. The van der Waals surface area contributed by atoms with Gasteiger partial charge in [0, 0.05) is 25.4 Å². The van der Waals surface area contributed by atoms with Crippen LogP contribution in [0.25, 0.3) is 11.1 Å². The Balaban J connectivity index is 0.00000180. The molecule has 0 spiro atoms. The maximum Gasteiger partial charge on any atom is 0.193 e.